The number of benzene rings is 3. The standard InChI is InChI=1S/C20H15NO3/c22-20(14-7-9-17-18(10-14)24-11-23-17)21-16-8-6-13-5-4-12-2-1-3-15(16)19(12)13/h1-3,6-10H,4-5,11H2,(H,21,22). The molecule has 0 fully saturated rings. The summed E-state index contributed by atoms with van der Waals surface area (Å²) in [6.07, 6.45) is 2.15. The zero-order chi connectivity index (χ0) is 16.1. The van der Waals surface area contributed by atoms with E-state index in [9.17, 15) is 4.79 Å². The second-order valence-electron chi connectivity index (χ2n) is 6.13. The van der Waals surface area contributed by atoms with Gasteiger partial charge < -0.3 is 14.8 Å². The molecule has 0 radical (unpaired) electrons. The lowest BCUT2D eigenvalue weighted by Crippen LogP contribution is -2.12. The molecule has 0 atom stereocenters. The summed E-state index contributed by atoms with van der Waals surface area (Å²) in [7, 11) is 0. The number of anilines is 1. The van der Waals surface area contributed by atoms with Crippen LogP contribution in [0.1, 0.15) is 21.5 Å². The van der Waals surface area contributed by atoms with Crippen molar-refractivity contribution in [1.82, 2.24) is 0 Å². The first-order chi connectivity index (χ1) is 11.8. The number of rotatable bonds is 2. The van der Waals surface area contributed by atoms with E-state index in [1.807, 2.05) is 6.07 Å². The Morgan fingerprint density at radius 2 is 1.75 bits per heavy atom. The fourth-order valence-corrected chi connectivity index (χ4v) is 3.59. The summed E-state index contributed by atoms with van der Waals surface area (Å²) in [5.74, 6) is 1.15. The molecule has 24 heavy (non-hydrogen) atoms. The molecule has 3 aromatic carbocycles. The van der Waals surface area contributed by atoms with Crippen LogP contribution in [-0.4, -0.2) is 12.7 Å². The van der Waals surface area contributed by atoms with Gasteiger partial charge in [-0.2, -0.15) is 0 Å². The fourth-order valence-electron chi connectivity index (χ4n) is 3.59. The van der Waals surface area contributed by atoms with Crippen LogP contribution in [0, 0.1) is 0 Å². The Morgan fingerprint density at radius 3 is 2.67 bits per heavy atom. The second kappa shape index (κ2) is 4.99. The Hall–Kier alpha value is -3.01. The van der Waals surface area contributed by atoms with Crippen LogP contribution in [0.2, 0.25) is 0 Å². The molecule has 0 bridgehead atoms. The summed E-state index contributed by atoms with van der Waals surface area (Å²) in [5, 5.41) is 5.44. The molecule has 0 aromatic heterocycles. The second-order valence-corrected chi connectivity index (χ2v) is 6.13. The highest BCUT2D eigenvalue weighted by molar-refractivity contribution is 6.10. The van der Waals surface area contributed by atoms with Crippen molar-refractivity contribution >= 4 is 22.4 Å². The maximum atomic E-state index is 12.6. The van der Waals surface area contributed by atoms with Gasteiger partial charge in [0.1, 0.15) is 0 Å². The number of ether oxygens (including phenoxy) is 2. The van der Waals surface area contributed by atoms with Crippen LogP contribution < -0.4 is 14.8 Å². The van der Waals surface area contributed by atoms with Crippen molar-refractivity contribution in [2.75, 3.05) is 12.1 Å². The van der Waals surface area contributed by atoms with Gasteiger partial charge in [-0.15, -0.1) is 0 Å². The van der Waals surface area contributed by atoms with E-state index in [0.717, 1.165) is 23.9 Å². The normalized spacial score (nSPS) is 14.2. The van der Waals surface area contributed by atoms with Crippen LogP contribution in [0.25, 0.3) is 10.8 Å². The molecule has 0 saturated heterocycles. The van der Waals surface area contributed by atoms with Gasteiger partial charge in [0.05, 0.1) is 0 Å². The maximum Gasteiger partial charge on any atom is 0.255 e. The van der Waals surface area contributed by atoms with Gasteiger partial charge in [-0.1, -0.05) is 24.3 Å². The number of carbonyl (C=O) groups is 1. The zero-order valence-corrected chi connectivity index (χ0v) is 13.0. The average molecular weight is 317 g/mol. The maximum absolute atomic E-state index is 12.6. The SMILES string of the molecule is O=C(Nc1ccc2c3c(cccc13)CC2)c1ccc2c(c1)OCO2. The Kier molecular flexibility index (Phi) is 2.80. The molecule has 1 heterocycles. The molecule has 4 nitrogen and oxygen atoms in total. The minimum Gasteiger partial charge on any atom is -0.454 e. The van der Waals surface area contributed by atoms with Gasteiger partial charge in [-0.05, 0) is 53.6 Å². The Morgan fingerprint density at radius 1 is 0.917 bits per heavy atom. The first kappa shape index (κ1) is 13.4. The molecular formula is C20H15NO3. The molecule has 4 heteroatoms. The molecular weight excluding hydrogens is 302 g/mol. The van der Waals surface area contributed by atoms with Crippen molar-refractivity contribution in [2.45, 2.75) is 12.8 Å². The third kappa shape index (κ3) is 1.96. The smallest absolute Gasteiger partial charge is 0.255 e. The number of amides is 1. The summed E-state index contributed by atoms with van der Waals surface area (Å²) in [4.78, 5) is 12.6. The lowest BCUT2D eigenvalue weighted by molar-refractivity contribution is 0.102. The van der Waals surface area contributed by atoms with Gasteiger partial charge in [-0.3, -0.25) is 4.79 Å². The van der Waals surface area contributed by atoms with Crippen LogP contribution in [0.5, 0.6) is 11.5 Å². The molecule has 1 aliphatic heterocycles. The van der Waals surface area contributed by atoms with E-state index in [2.05, 4.69) is 29.6 Å². The molecule has 0 saturated carbocycles. The van der Waals surface area contributed by atoms with E-state index in [1.54, 1.807) is 18.2 Å². The Balaban J connectivity index is 1.52. The largest absolute Gasteiger partial charge is 0.454 e. The van der Waals surface area contributed by atoms with Crippen LogP contribution in [0.3, 0.4) is 0 Å². The molecule has 2 aliphatic rings. The molecule has 1 aliphatic carbocycles. The number of hydrogen-bond donors (Lipinski definition) is 1. The Bertz CT molecular complexity index is 983. The number of nitrogens with one attached hydrogen (secondary N) is 1. The van der Waals surface area contributed by atoms with Crippen molar-refractivity contribution in [3.8, 4) is 11.5 Å². The topological polar surface area (TPSA) is 47.6 Å². The third-order valence-corrected chi connectivity index (χ3v) is 4.76. The monoisotopic (exact) mass is 317 g/mol. The lowest BCUT2D eigenvalue weighted by atomic mass is 10.0. The van der Waals surface area contributed by atoms with Gasteiger partial charge in [0.2, 0.25) is 6.79 Å². The quantitative estimate of drug-likeness (QED) is 0.779. The molecule has 1 amide bonds. The highest BCUT2D eigenvalue weighted by atomic mass is 16.7. The number of aryl methyl sites for hydroxylation is 2. The van der Waals surface area contributed by atoms with E-state index in [-0.39, 0.29) is 12.7 Å². The Labute approximate surface area is 139 Å². The predicted molar refractivity (Wildman–Crippen MR) is 91.9 cm³/mol. The highest BCUT2D eigenvalue weighted by Gasteiger charge is 2.19. The van der Waals surface area contributed by atoms with Crippen LogP contribution in [-0.2, 0) is 12.8 Å². The van der Waals surface area contributed by atoms with Gasteiger partial charge in [-0.25, -0.2) is 0 Å². The average Bonchev–Trinajstić information content (AvgIpc) is 3.24. The number of carbonyl (C=O) groups excluding carboxylic acids is 1. The summed E-state index contributed by atoms with van der Waals surface area (Å²) in [6, 6.07) is 15.7. The van der Waals surface area contributed by atoms with E-state index >= 15 is 0 Å². The zero-order valence-electron chi connectivity index (χ0n) is 13.0. The van der Waals surface area contributed by atoms with Crippen molar-refractivity contribution in [1.29, 1.82) is 0 Å². The van der Waals surface area contributed by atoms with Gasteiger partial charge in [0, 0.05) is 16.6 Å². The first-order valence-electron chi connectivity index (χ1n) is 8.04. The fraction of sp³-hybridized carbons (Fsp3) is 0.150. The summed E-state index contributed by atoms with van der Waals surface area (Å²) in [5.41, 5.74) is 4.13. The van der Waals surface area contributed by atoms with Crippen molar-refractivity contribution in [3.05, 3.63) is 65.2 Å². The first-order valence-corrected chi connectivity index (χ1v) is 8.04. The van der Waals surface area contributed by atoms with Crippen LogP contribution >= 0.6 is 0 Å². The van der Waals surface area contributed by atoms with Gasteiger partial charge in [0.15, 0.2) is 11.5 Å². The van der Waals surface area contributed by atoms with Crippen LogP contribution in [0.4, 0.5) is 5.69 Å². The summed E-state index contributed by atoms with van der Waals surface area (Å²) < 4.78 is 10.6. The van der Waals surface area contributed by atoms with E-state index in [0.29, 0.717) is 17.1 Å². The van der Waals surface area contributed by atoms with E-state index in [4.69, 9.17) is 9.47 Å². The number of hydrogen-bond acceptors (Lipinski definition) is 3. The molecule has 0 spiro atoms. The van der Waals surface area contributed by atoms with E-state index < -0.39 is 0 Å². The molecule has 0 unspecified atom stereocenters. The predicted octanol–water partition coefficient (Wildman–Crippen LogP) is 3.92. The van der Waals surface area contributed by atoms with Gasteiger partial charge in [0.25, 0.3) is 5.91 Å². The van der Waals surface area contributed by atoms with Crippen molar-refractivity contribution < 1.29 is 14.3 Å². The van der Waals surface area contributed by atoms with Crippen molar-refractivity contribution in [2.24, 2.45) is 0 Å². The van der Waals surface area contributed by atoms with Gasteiger partial charge >= 0.3 is 0 Å². The van der Waals surface area contributed by atoms with Crippen molar-refractivity contribution in [3.63, 3.8) is 0 Å². The molecule has 3 aromatic rings. The molecule has 118 valence electrons. The minimum absolute atomic E-state index is 0.146. The third-order valence-electron chi connectivity index (χ3n) is 4.76. The molecule has 1 N–H and O–H groups in total. The highest BCUT2D eigenvalue weighted by Crippen LogP contribution is 2.36. The minimum atomic E-state index is -0.146. The lowest BCUT2D eigenvalue weighted by Gasteiger charge is -2.11. The summed E-state index contributed by atoms with van der Waals surface area (Å²) in [6.45, 7) is 0.204. The summed E-state index contributed by atoms with van der Waals surface area (Å²) >= 11 is 0. The van der Waals surface area contributed by atoms with E-state index in [1.165, 1.54) is 16.5 Å². The molecule has 5 rings (SSSR count). The van der Waals surface area contributed by atoms with Crippen LogP contribution in [0.15, 0.2) is 48.5 Å². The number of fused-ring (bicyclic) bond motifs is 1.